The summed E-state index contributed by atoms with van der Waals surface area (Å²) in [6, 6.07) is 5.94. The zero-order valence-electron chi connectivity index (χ0n) is 15.0. The molecule has 2 aliphatic heterocycles. The summed E-state index contributed by atoms with van der Waals surface area (Å²) < 4.78 is 11.2. The molecule has 0 N–H and O–H groups in total. The van der Waals surface area contributed by atoms with E-state index < -0.39 is 0 Å². The van der Waals surface area contributed by atoms with E-state index in [1.54, 1.807) is 19.5 Å². The van der Waals surface area contributed by atoms with Gasteiger partial charge in [0.15, 0.2) is 0 Å². The van der Waals surface area contributed by atoms with Crippen molar-refractivity contribution in [3.63, 3.8) is 0 Å². The molecule has 6 nitrogen and oxygen atoms in total. The highest BCUT2D eigenvalue weighted by Gasteiger charge is 2.24. The second kappa shape index (κ2) is 7.32. The van der Waals surface area contributed by atoms with Gasteiger partial charge in [0, 0.05) is 31.3 Å². The van der Waals surface area contributed by atoms with Gasteiger partial charge >= 0.3 is 0 Å². The molecule has 136 valence electrons. The Morgan fingerprint density at radius 2 is 2.15 bits per heavy atom. The van der Waals surface area contributed by atoms with Crippen molar-refractivity contribution in [3.8, 4) is 11.5 Å². The first-order chi connectivity index (χ1) is 12.7. The van der Waals surface area contributed by atoms with Gasteiger partial charge < -0.3 is 14.4 Å². The molecule has 4 rings (SSSR count). The van der Waals surface area contributed by atoms with Crippen molar-refractivity contribution in [1.29, 1.82) is 0 Å². The number of benzene rings is 1. The van der Waals surface area contributed by atoms with Crippen molar-refractivity contribution >= 4 is 5.91 Å². The van der Waals surface area contributed by atoms with Gasteiger partial charge in [0.2, 0.25) is 0 Å². The molecule has 2 aliphatic rings. The number of amides is 1. The van der Waals surface area contributed by atoms with Crippen LogP contribution in [0.2, 0.25) is 0 Å². The number of nitrogens with zero attached hydrogens (tertiary/aromatic N) is 3. The average molecular weight is 353 g/mol. The number of aromatic nitrogens is 2. The first-order valence-electron chi connectivity index (χ1n) is 9.13. The quantitative estimate of drug-likeness (QED) is 0.845. The lowest BCUT2D eigenvalue weighted by molar-refractivity contribution is 0.0786. The van der Waals surface area contributed by atoms with Gasteiger partial charge in [-0.05, 0) is 37.3 Å². The lowest BCUT2D eigenvalue weighted by atomic mass is 9.93. The van der Waals surface area contributed by atoms with Crippen LogP contribution in [0, 0.1) is 5.92 Å². The molecule has 26 heavy (non-hydrogen) atoms. The van der Waals surface area contributed by atoms with E-state index in [0.717, 1.165) is 56.0 Å². The summed E-state index contributed by atoms with van der Waals surface area (Å²) in [7, 11) is 1.66. The molecule has 1 atom stereocenters. The molecule has 0 aliphatic carbocycles. The van der Waals surface area contributed by atoms with E-state index in [2.05, 4.69) is 16.0 Å². The third-order valence-electron chi connectivity index (χ3n) is 5.05. The second-order valence-electron chi connectivity index (χ2n) is 6.95. The highest BCUT2D eigenvalue weighted by atomic mass is 16.5. The van der Waals surface area contributed by atoms with E-state index in [4.69, 9.17) is 9.47 Å². The lowest BCUT2D eigenvalue weighted by Gasteiger charge is -2.25. The van der Waals surface area contributed by atoms with Crippen LogP contribution in [0.5, 0.6) is 11.5 Å². The molecule has 1 aromatic heterocycles. The maximum atomic E-state index is 12.5. The largest absolute Gasteiger partial charge is 0.497 e. The van der Waals surface area contributed by atoms with E-state index in [-0.39, 0.29) is 5.91 Å². The highest BCUT2D eigenvalue weighted by molar-refractivity contribution is 5.92. The maximum absolute atomic E-state index is 12.5. The Balaban J connectivity index is 1.44. The normalized spacial score (nSPS) is 19.0. The van der Waals surface area contributed by atoms with Crippen molar-refractivity contribution < 1.29 is 14.3 Å². The summed E-state index contributed by atoms with van der Waals surface area (Å²) >= 11 is 0. The number of carbonyl (C=O) groups is 1. The molecule has 1 saturated heterocycles. The van der Waals surface area contributed by atoms with Crippen LogP contribution in [-0.4, -0.2) is 47.6 Å². The van der Waals surface area contributed by atoms with Crippen LogP contribution in [0.25, 0.3) is 0 Å². The van der Waals surface area contributed by atoms with Crippen molar-refractivity contribution in [1.82, 2.24) is 14.9 Å². The van der Waals surface area contributed by atoms with Gasteiger partial charge in [-0.1, -0.05) is 6.07 Å². The predicted molar refractivity (Wildman–Crippen MR) is 96.6 cm³/mol. The smallest absolute Gasteiger partial charge is 0.274 e. The molecule has 1 amide bonds. The van der Waals surface area contributed by atoms with Crippen molar-refractivity contribution in [2.75, 3.05) is 26.8 Å². The maximum Gasteiger partial charge on any atom is 0.274 e. The molecular weight excluding hydrogens is 330 g/mol. The van der Waals surface area contributed by atoms with Gasteiger partial charge in [-0.2, -0.15) is 0 Å². The summed E-state index contributed by atoms with van der Waals surface area (Å²) in [4.78, 5) is 23.2. The second-order valence-corrected chi connectivity index (χ2v) is 6.95. The minimum atomic E-state index is -0.00538. The fourth-order valence-electron chi connectivity index (χ4n) is 3.66. The van der Waals surface area contributed by atoms with Crippen LogP contribution < -0.4 is 9.47 Å². The van der Waals surface area contributed by atoms with E-state index >= 15 is 0 Å². The first-order valence-corrected chi connectivity index (χ1v) is 9.13. The molecule has 0 spiro atoms. The summed E-state index contributed by atoms with van der Waals surface area (Å²) in [6.45, 7) is 2.27. The van der Waals surface area contributed by atoms with E-state index in [1.807, 2.05) is 17.0 Å². The molecule has 0 radical (unpaired) electrons. The standard InChI is InChI=1S/C20H23N3O3/c1-25-17-5-4-15-8-14(13-26-19(15)10-17)9-16-11-21-12-18(22-16)20(24)23-6-2-3-7-23/h4-5,10-12,14H,2-3,6-9,13H2,1H3. The Bertz CT molecular complexity index is 803. The minimum Gasteiger partial charge on any atom is -0.497 e. The van der Waals surface area contributed by atoms with Gasteiger partial charge in [0.05, 0.1) is 25.6 Å². The third-order valence-corrected chi connectivity index (χ3v) is 5.05. The van der Waals surface area contributed by atoms with Crippen LogP contribution in [-0.2, 0) is 12.8 Å². The molecule has 3 heterocycles. The number of ether oxygens (including phenoxy) is 2. The Hall–Kier alpha value is -2.63. The fourth-order valence-corrected chi connectivity index (χ4v) is 3.66. The van der Waals surface area contributed by atoms with Crippen LogP contribution >= 0.6 is 0 Å². The molecule has 0 bridgehead atoms. The van der Waals surface area contributed by atoms with Crippen LogP contribution in [0.4, 0.5) is 0 Å². The number of hydrogen-bond donors (Lipinski definition) is 0. The molecular formula is C20H23N3O3. The van der Waals surface area contributed by atoms with Crippen molar-refractivity contribution in [2.24, 2.45) is 5.92 Å². The minimum absolute atomic E-state index is 0.00538. The van der Waals surface area contributed by atoms with Crippen LogP contribution in [0.15, 0.2) is 30.6 Å². The van der Waals surface area contributed by atoms with Gasteiger partial charge in [-0.3, -0.25) is 9.78 Å². The summed E-state index contributed by atoms with van der Waals surface area (Å²) in [6.07, 6.45) is 7.14. The Morgan fingerprint density at radius 1 is 1.31 bits per heavy atom. The summed E-state index contributed by atoms with van der Waals surface area (Å²) in [5.41, 5.74) is 2.48. The molecule has 6 heteroatoms. The zero-order chi connectivity index (χ0) is 17.9. The van der Waals surface area contributed by atoms with Gasteiger partial charge in [0.25, 0.3) is 5.91 Å². The van der Waals surface area contributed by atoms with E-state index in [0.29, 0.717) is 18.2 Å². The van der Waals surface area contributed by atoms with E-state index in [9.17, 15) is 4.79 Å². The van der Waals surface area contributed by atoms with Crippen LogP contribution in [0.1, 0.15) is 34.6 Å². The summed E-state index contributed by atoms with van der Waals surface area (Å²) in [5.74, 6) is 2.02. The third kappa shape index (κ3) is 3.49. The van der Waals surface area contributed by atoms with Gasteiger partial charge in [0.1, 0.15) is 17.2 Å². The van der Waals surface area contributed by atoms with E-state index in [1.165, 1.54) is 5.56 Å². The number of hydrogen-bond acceptors (Lipinski definition) is 5. The van der Waals surface area contributed by atoms with Gasteiger partial charge in [-0.15, -0.1) is 0 Å². The molecule has 2 aromatic rings. The monoisotopic (exact) mass is 353 g/mol. The Kier molecular flexibility index (Phi) is 4.73. The first kappa shape index (κ1) is 16.8. The molecule has 1 aromatic carbocycles. The number of likely N-dealkylation sites (tertiary alicyclic amines) is 1. The predicted octanol–water partition coefficient (Wildman–Crippen LogP) is 2.52. The zero-order valence-corrected chi connectivity index (χ0v) is 15.0. The van der Waals surface area contributed by atoms with Crippen molar-refractivity contribution in [2.45, 2.75) is 25.7 Å². The molecule has 0 saturated carbocycles. The van der Waals surface area contributed by atoms with Crippen LogP contribution in [0.3, 0.4) is 0 Å². The average Bonchev–Trinajstić information content (AvgIpc) is 3.22. The van der Waals surface area contributed by atoms with Crippen molar-refractivity contribution in [3.05, 3.63) is 47.5 Å². The number of methoxy groups -OCH3 is 1. The fraction of sp³-hybridized carbons (Fsp3) is 0.450. The number of carbonyl (C=O) groups excluding carboxylic acids is 1. The Morgan fingerprint density at radius 3 is 2.96 bits per heavy atom. The Labute approximate surface area is 153 Å². The topological polar surface area (TPSA) is 64.6 Å². The number of rotatable bonds is 4. The SMILES string of the molecule is COc1ccc2c(c1)OCC(Cc1cncc(C(=O)N3CCCC3)n1)C2. The highest BCUT2D eigenvalue weighted by Crippen LogP contribution is 2.31. The molecule has 1 fully saturated rings. The van der Waals surface area contributed by atoms with Gasteiger partial charge in [-0.25, -0.2) is 4.98 Å². The number of fused-ring (bicyclic) bond motifs is 1. The lowest BCUT2D eigenvalue weighted by Crippen LogP contribution is -2.29. The summed E-state index contributed by atoms with van der Waals surface area (Å²) in [5, 5.41) is 0. The molecule has 1 unspecified atom stereocenters.